The maximum Gasteiger partial charge on any atom is 0.316 e. The highest BCUT2D eigenvalue weighted by Crippen LogP contribution is 2.33. The summed E-state index contributed by atoms with van der Waals surface area (Å²) in [5, 5.41) is 13.9. The van der Waals surface area contributed by atoms with Crippen LogP contribution >= 0.6 is 0 Å². The summed E-state index contributed by atoms with van der Waals surface area (Å²) in [7, 11) is 2.99. The summed E-state index contributed by atoms with van der Waals surface area (Å²) in [6.45, 7) is 1.48. The lowest BCUT2D eigenvalue weighted by atomic mass is 10.1. The van der Waals surface area contributed by atoms with Gasteiger partial charge in [-0.15, -0.1) is 0 Å². The molecule has 0 aliphatic rings. The average Bonchev–Trinajstić information content (AvgIpc) is 2.45. The van der Waals surface area contributed by atoms with E-state index in [9.17, 15) is 14.5 Å². The number of hydrogen-bond acceptors (Lipinski definition) is 6. The molecule has 0 aliphatic heterocycles. The van der Waals surface area contributed by atoms with Crippen LogP contribution in [0.15, 0.2) is 18.2 Å². The molecule has 0 aliphatic carbocycles. The van der Waals surface area contributed by atoms with E-state index in [2.05, 4.69) is 15.3 Å². The molecule has 1 aromatic heterocycles. The number of anilines is 1. The average molecular weight is 292 g/mol. The summed E-state index contributed by atoms with van der Waals surface area (Å²) in [5.74, 6) is -0.153. The van der Waals surface area contributed by atoms with E-state index < -0.39 is 10.7 Å². The van der Waals surface area contributed by atoms with Crippen molar-refractivity contribution in [2.75, 3.05) is 19.5 Å². The van der Waals surface area contributed by atoms with Gasteiger partial charge in [0.2, 0.25) is 5.95 Å². The molecule has 1 N–H and O–H groups in total. The molecule has 0 amide bonds. The van der Waals surface area contributed by atoms with Crippen LogP contribution in [-0.4, -0.2) is 29.0 Å². The summed E-state index contributed by atoms with van der Waals surface area (Å²) in [6, 6.07) is 4.05. The second-order valence-corrected chi connectivity index (χ2v) is 4.18. The topological polar surface area (TPSA) is 90.2 Å². The van der Waals surface area contributed by atoms with Gasteiger partial charge in [-0.3, -0.25) is 10.1 Å². The maximum atomic E-state index is 14.2. The molecule has 21 heavy (non-hydrogen) atoms. The standard InChI is InChI=1S/C13H13FN4O3/c1-7-12(18(19)20)11(17-13(15-2)16-7)9-5-4-8(21-3)6-10(9)14/h4-6H,1-3H3,(H,15,16,17). The third-order valence-corrected chi connectivity index (χ3v) is 2.90. The lowest BCUT2D eigenvalue weighted by molar-refractivity contribution is -0.385. The second-order valence-electron chi connectivity index (χ2n) is 4.18. The number of nitrogens with one attached hydrogen (secondary N) is 1. The van der Waals surface area contributed by atoms with Crippen LogP contribution in [0.1, 0.15) is 5.69 Å². The molecule has 0 radical (unpaired) electrons. The highest BCUT2D eigenvalue weighted by molar-refractivity contribution is 5.72. The van der Waals surface area contributed by atoms with Crippen LogP contribution in [0.2, 0.25) is 0 Å². The smallest absolute Gasteiger partial charge is 0.316 e. The first-order valence-corrected chi connectivity index (χ1v) is 6.02. The Balaban J connectivity index is 2.72. The number of ether oxygens (including phenoxy) is 1. The van der Waals surface area contributed by atoms with Gasteiger partial charge < -0.3 is 10.1 Å². The molecular weight excluding hydrogens is 279 g/mol. The Morgan fingerprint density at radius 1 is 1.38 bits per heavy atom. The Kier molecular flexibility index (Phi) is 3.97. The highest BCUT2D eigenvalue weighted by atomic mass is 19.1. The Labute approximate surface area is 120 Å². The number of halogens is 1. The summed E-state index contributed by atoms with van der Waals surface area (Å²) in [6.07, 6.45) is 0. The SMILES string of the molecule is CNc1nc(C)c([N+](=O)[O-])c(-c2ccc(OC)cc2F)n1. The molecule has 0 bridgehead atoms. The van der Waals surface area contributed by atoms with Gasteiger partial charge in [-0.25, -0.2) is 14.4 Å². The van der Waals surface area contributed by atoms with Gasteiger partial charge in [-0.05, 0) is 19.1 Å². The monoisotopic (exact) mass is 292 g/mol. The minimum Gasteiger partial charge on any atom is -0.497 e. The van der Waals surface area contributed by atoms with E-state index in [1.165, 1.54) is 26.2 Å². The number of benzene rings is 1. The lowest BCUT2D eigenvalue weighted by Gasteiger charge is -2.09. The fourth-order valence-electron chi connectivity index (χ4n) is 1.90. The van der Waals surface area contributed by atoms with Gasteiger partial charge in [0.05, 0.1) is 12.0 Å². The Bertz CT molecular complexity index is 706. The van der Waals surface area contributed by atoms with E-state index in [-0.39, 0.29) is 28.6 Å². The van der Waals surface area contributed by atoms with E-state index in [1.54, 1.807) is 7.05 Å². The molecule has 1 heterocycles. The largest absolute Gasteiger partial charge is 0.497 e. The number of hydrogen-bond donors (Lipinski definition) is 1. The van der Waals surface area contributed by atoms with Gasteiger partial charge in [0.1, 0.15) is 17.3 Å². The number of rotatable bonds is 4. The van der Waals surface area contributed by atoms with Crippen LogP contribution in [-0.2, 0) is 0 Å². The van der Waals surface area contributed by atoms with Gasteiger partial charge >= 0.3 is 5.69 Å². The maximum absolute atomic E-state index is 14.2. The first kappa shape index (κ1) is 14.6. The van der Waals surface area contributed by atoms with E-state index in [0.717, 1.165) is 6.07 Å². The summed E-state index contributed by atoms with van der Waals surface area (Å²) < 4.78 is 19.1. The molecule has 7 nitrogen and oxygen atoms in total. The number of methoxy groups -OCH3 is 1. The van der Waals surface area contributed by atoms with Crippen LogP contribution in [0, 0.1) is 22.9 Å². The summed E-state index contributed by atoms with van der Waals surface area (Å²) in [4.78, 5) is 18.6. The van der Waals surface area contributed by atoms with Crippen LogP contribution in [0.5, 0.6) is 5.75 Å². The molecule has 0 fully saturated rings. The van der Waals surface area contributed by atoms with Crippen LogP contribution in [0.25, 0.3) is 11.3 Å². The van der Waals surface area contributed by atoms with Crippen molar-refractivity contribution in [1.82, 2.24) is 9.97 Å². The molecule has 0 spiro atoms. The van der Waals surface area contributed by atoms with Crippen molar-refractivity contribution in [3.8, 4) is 17.0 Å². The predicted molar refractivity (Wildman–Crippen MR) is 74.9 cm³/mol. The van der Waals surface area contributed by atoms with E-state index >= 15 is 0 Å². The second kappa shape index (κ2) is 5.70. The predicted octanol–water partition coefficient (Wildman–Crippen LogP) is 2.55. The first-order valence-electron chi connectivity index (χ1n) is 6.02. The zero-order chi connectivity index (χ0) is 15.6. The normalized spacial score (nSPS) is 10.3. The zero-order valence-electron chi connectivity index (χ0n) is 11.7. The van der Waals surface area contributed by atoms with Crippen molar-refractivity contribution in [2.45, 2.75) is 6.92 Å². The van der Waals surface area contributed by atoms with Gasteiger partial charge in [0, 0.05) is 18.7 Å². The number of aromatic nitrogens is 2. The van der Waals surface area contributed by atoms with Crippen molar-refractivity contribution in [3.63, 3.8) is 0 Å². The molecule has 2 rings (SSSR count). The van der Waals surface area contributed by atoms with Crippen LogP contribution < -0.4 is 10.1 Å². The molecule has 8 heteroatoms. The minimum atomic E-state index is -0.655. The van der Waals surface area contributed by atoms with Gasteiger partial charge in [0.25, 0.3) is 0 Å². The molecule has 0 saturated heterocycles. The fraction of sp³-hybridized carbons (Fsp3) is 0.231. The Morgan fingerprint density at radius 2 is 2.10 bits per heavy atom. The summed E-state index contributed by atoms with van der Waals surface area (Å²) >= 11 is 0. The Hall–Kier alpha value is -2.77. The van der Waals surface area contributed by atoms with Gasteiger partial charge in [-0.2, -0.15) is 0 Å². The molecular formula is C13H13FN4O3. The van der Waals surface area contributed by atoms with E-state index in [1.807, 2.05) is 0 Å². The van der Waals surface area contributed by atoms with Crippen molar-refractivity contribution in [3.05, 3.63) is 39.8 Å². The molecule has 0 unspecified atom stereocenters. The zero-order valence-corrected chi connectivity index (χ0v) is 11.7. The minimum absolute atomic E-state index is 0.0181. The lowest BCUT2D eigenvalue weighted by Crippen LogP contribution is -2.05. The number of nitro groups is 1. The van der Waals surface area contributed by atoms with Crippen LogP contribution in [0.4, 0.5) is 16.0 Å². The van der Waals surface area contributed by atoms with E-state index in [4.69, 9.17) is 4.74 Å². The van der Waals surface area contributed by atoms with Crippen molar-refractivity contribution >= 4 is 11.6 Å². The summed E-state index contributed by atoms with van der Waals surface area (Å²) in [5.41, 5.74) is -0.218. The van der Waals surface area contributed by atoms with Gasteiger partial charge in [-0.1, -0.05) is 0 Å². The van der Waals surface area contributed by atoms with Crippen molar-refractivity contribution in [2.24, 2.45) is 0 Å². The number of nitrogens with zero attached hydrogens (tertiary/aromatic N) is 3. The van der Waals surface area contributed by atoms with Crippen molar-refractivity contribution in [1.29, 1.82) is 0 Å². The van der Waals surface area contributed by atoms with E-state index in [0.29, 0.717) is 5.75 Å². The third-order valence-electron chi connectivity index (χ3n) is 2.90. The molecule has 1 aromatic carbocycles. The van der Waals surface area contributed by atoms with Crippen molar-refractivity contribution < 1.29 is 14.1 Å². The van der Waals surface area contributed by atoms with Crippen LogP contribution in [0.3, 0.4) is 0 Å². The highest BCUT2D eigenvalue weighted by Gasteiger charge is 2.25. The molecule has 110 valence electrons. The third kappa shape index (κ3) is 2.73. The molecule has 0 atom stereocenters. The quantitative estimate of drug-likeness (QED) is 0.688. The fourth-order valence-corrected chi connectivity index (χ4v) is 1.90. The first-order chi connectivity index (χ1) is 9.97. The Morgan fingerprint density at radius 3 is 2.62 bits per heavy atom. The molecule has 2 aromatic rings. The molecule has 0 saturated carbocycles. The van der Waals surface area contributed by atoms with Gasteiger partial charge in [0.15, 0.2) is 5.69 Å². The number of aryl methyl sites for hydroxylation is 1.